The Morgan fingerprint density at radius 2 is 2.30 bits per heavy atom. The van der Waals surface area contributed by atoms with E-state index in [-0.39, 0.29) is 0 Å². The molecule has 0 unspecified atom stereocenters. The van der Waals surface area contributed by atoms with E-state index < -0.39 is 10.0 Å². The van der Waals surface area contributed by atoms with E-state index in [0.29, 0.717) is 17.5 Å². The van der Waals surface area contributed by atoms with Crippen LogP contribution >= 0.6 is 11.3 Å². The van der Waals surface area contributed by atoms with Crippen molar-refractivity contribution in [3.8, 4) is 10.6 Å². The third-order valence-electron chi connectivity index (χ3n) is 3.96. The van der Waals surface area contributed by atoms with Gasteiger partial charge >= 0.3 is 0 Å². The predicted molar refractivity (Wildman–Crippen MR) is 93.1 cm³/mol. The van der Waals surface area contributed by atoms with Gasteiger partial charge in [0.2, 0.25) is 10.0 Å². The van der Waals surface area contributed by atoms with Gasteiger partial charge in [-0.2, -0.15) is 0 Å². The summed E-state index contributed by atoms with van der Waals surface area (Å²) < 4.78 is 27.6. The molecule has 1 aromatic heterocycles. The Balaban J connectivity index is 1.69. The van der Waals surface area contributed by atoms with E-state index in [1.165, 1.54) is 17.8 Å². The van der Waals surface area contributed by atoms with Crippen molar-refractivity contribution in [2.75, 3.05) is 13.1 Å². The van der Waals surface area contributed by atoms with Crippen molar-refractivity contribution in [2.45, 2.75) is 37.1 Å². The van der Waals surface area contributed by atoms with Gasteiger partial charge in [0.25, 0.3) is 0 Å². The van der Waals surface area contributed by atoms with Crippen molar-refractivity contribution in [3.63, 3.8) is 0 Å². The lowest BCUT2D eigenvalue weighted by molar-refractivity contribution is 0.539. The number of hydrogen-bond donors (Lipinski definition) is 2. The van der Waals surface area contributed by atoms with E-state index in [4.69, 9.17) is 0 Å². The van der Waals surface area contributed by atoms with Gasteiger partial charge in [0.1, 0.15) is 5.01 Å². The van der Waals surface area contributed by atoms with Gasteiger partial charge in [-0.3, -0.25) is 0 Å². The zero-order valence-corrected chi connectivity index (χ0v) is 14.7. The molecule has 0 bridgehead atoms. The predicted octanol–water partition coefficient (Wildman–Crippen LogP) is 2.54. The smallest absolute Gasteiger partial charge is 0.240 e. The summed E-state index contributed by atoms with van der Waals surface area (Å²) in [7, 11) is -3.48. The van der Waals surface area contributed by atoms with Gasteiger partial charge in [-0.05, 0) is 44.9 Å². The quantitative estimate of drug-likeness (QED) is 0.839. The Kier molecular flexibility index (Phi) is 5.11. The monoisotopic (exact) mass is 351 g/mol. The molecule has 2 N–H and O–H groups in total. The summed E-state index contributed by atoms with van der Waals surface area (Å²) in [5.41, 5.74) is 1.78. The van der Waals surface area contributed by atoms with Crippen molar-refractivity contribution < 1.29 is 8.42 Å². The zero-order valence-electron chi connectivity index (χ0n) is 13.1. The van der Waals surface area contributed by atoms with Crippen LogP contribution in [-0.4, -0.2) is 32.5 Å². The number of nitrogens with one attached hydrogen (secondary N) is 2. The molecule has 23 heavy (non-hydrogen) atoms. The number of aromatic nitrogens is 1. The number of nitrogens with zero attached hydrogens (tertiary/aromatic N) is 1. The van der Waals surface area contributed by atoms with E-state index in [9.17, 15) is 8.42 Å². The van der Waals surface area contributed by atoms with Crippen molar-refractivity contribution in [1.82, 2.24) is 15.0 Å². The normalized spacial score (nSPS) is 18.4. The molecule has 2 aromatic rings. The van der Waals surface area contributed by atoms with Crippen molar-refractivity contribution in [2.24, 2.45) is 0 Å². The fraction of sp³-hybridized carbons (Fsp3) is 0.438. The molecule has 0 amide bonds. The van der Waals surface area contributed by atoms with Crippen LogP contribution in [0.5, 0.6) is 0 Å². The Bertz CT molecular complexity index is 765. The maximum Gasteiger partial charge on any atom is 0.240 e. The molecular formula is C16H21N3O2S2. The van der Waals surface area contributed by atoms with Crippen LogP contribution in [0.15, 0.2) is 34.5 Å². The summed E-state index contributed by atoms with van der Waals surface area (Å²) in [5, 5.41) is 6.18. The molecule has 2 heterocycles. The summed E-state index contributed by atoms with van der Waals surface area (Å²) in [6.45, 7) is 3.42. The Hall–Kier alpha value is -1.28. The van der Waals surface area contributed by atoms with Crippen LogP contribution in [0, 0.1) is 6.92 Å². The molecule has 1 atom stereocenters. The van der Waals surface area contributed by atoms with Gasteiger partial charge in [0.05, 0.1) is 4.90 Å². The van der Waals surface area contributed by atoms with Gasteiger partial charge in [-0.1, -0.05) is 12.1 Å². The van der Waals surface area contributed by atoms with Crippen LogP contribution in [0.25, 0.3) is 10.6 Å². The number of thiazole rings is 1. The van der Waals surface area contributed by atoms with Gasteiger partial charge in [-0.25, -0.2) is 18.1 Å². The molecule has 1 aliphatic heterocycles. The highest BCUT2D eigenvalue weighted by Crippen LogP contribution is 2.25. The van der Waals surface area contributed by atoms with Crippen molar-refractivity contribution >= 4 is 21.4 Å². The molecule has 0 saturated carbocycles. The number of aryl methyl sites for hydroxylation is 1. The van der Waals surface area contributed by atoms with Crippen LogP contribution in [0.2, 0.25) is 0 Å². The second-order valence-electron chi connectivity index (χ2n) is 5.80. The number of hydrogen-bond acceptors (Lipinski definition) is 5. The molecule has 3 rings (SSSR count). The maximum atomic E-state index is 12.4. The lowest BCUT2D eigenvalue weighted by atomic mass is 10.2. The number of benzene rings is 1. The first-order valence-corrected chi connectivity index (χ1v) is 10.2. The topological polar surface area (TPSA) is 71.1 Å². The second-order valence-corrected chi connectivity index (χ2v) is 8.43. The standard InChI is InChI=1S/C16H21N3O2S2/c1-12-11-22-16(19-12)13-4-2-6-15(10-13)23(20,21)18-9-7-14-5-3-8-17-14/h2,4,6,10-11,14,17-18H,3,5,7-9H2,1H3/t14-/m1/s1. The number of sulfonamides is 1. The molecule has 1 saturated heterocycles. The molecule has 1 aliphatic rings. The van der Waals surface area contributed by atoms with E-state index in [1.54, 1.807) is 18.2 Å². The first-order valence-electron chi connectivity index (χ1n) is 7.80. The molecule has 124 valence electrons. The lowest BCUT2D eigenvalue weighted by Gasteiger charge is -2.11. The average molecular weight is 351 g/mol. The average Bonchev–Trinajstić information content (AvgIpc) is 3.19. The van der Waals surface area contributed by atoms with E-state index in [0.717, 1.165) is 35.7 Å². The first-order chi connectivity index (χ1) is 11.0. The van der Waals surface area contributed by atoms with Gasteiger partial charge in [0, 0.05) is 29.2 Å². The highest BCUT2D eigenvalue weighted by Gasteiger charge is 2.18. The van der Waals surface area contributed by atoms with Crippen molar-refractivity contribution in [3.05, 3.63) is 35.3 Å². The van der Waals surface area contributed by atoms with E-state index >= 15 is 0 Å². The fourth-order valence-corrected chi connectivity index (χ4v) is 4.62. The minimum atomic E-state index is -3.48. The largest absolute Gasteiger partial charge is 0.314 e. The van der Waals surface area contributed by atoms with Gasteiger partial charge in [0.15, 0.2) is 0 Å². The molecule has 1 fully saturated rings. The Morgan fingerprint density at radius 3 is 3.00 bits per heavy atom. The molecule has 7 heteroatoms. The first kappa shape index (κ1) is 16.6. The lowest BCUT2D eigenvalue weighted by Crippen LogP contribution is -2.30. The second kappa shape index (κ2) is 7.09. The van der Waals surface area contributed by atoms with Gasteiger partial charge in [-0.15, -0.1) is 11.3 Å². The highest BCUT2D eigenvalue weighted by molar-refractivity contribution is 7.89. The van der Waals surface area contributed by atoms with Gasteiger partial charge < -0.3 is 5.32 Å². The van der Waals surface area contributed by atoms with E-state index in [1.807, 2.05) is 18.4 Å². The molecular weight excluding hydrogens is 330 g/mol. The molecule has 5 nitrogen and oxygen atoms in total. The fourth-order valence-electron chi connectivity index (χ4n) is 2.74. The maximum absolute atomic E-state index is 12.4. The molecule has 1 aromatic carbocycles. The highest BCUT2D eigenvalue weighted by atomic mass is 32.2. The van der Waals surface area contributed by atoms with E-state index in [2.05, 4.69) is 15.0 Å². The zero-order chi connectivity index (χ0) is 16.3. The molecule has 0 radical (unpaired) electrons. The van der Waals surface area contributed by atoms with Crippen LogP contribution < -0.4 is 10.0 Å². The summed E-state index contributed by atoms with van der Waals surface area (Å²) in [5.74, 6) is 0. The minimum Gasteiger partial charge on any atom is -0.314 e. The Morgan fingerprint density at radius 1 is 1.43 bits per heavy atom. The van der Waals surface area contributed by atoms with Crippen LogP contribution in [0.1, 0.15) is 25.0 Å². The van der Waals surface area contributed by atoms with Crippen LogP contribution in [0.3, 0.4) is 0 Å². The molecule has 0 aliphatic carbocycles. The minimum absolute atomic E-state index is 0.294. The van der Waals surface area contributed by atoms with Crippen LogP contribution in [0.4, 0.5) is 0 Å². The Labute approximate surface area is 141 Å². The third-order valence-corrected chi connectivity index (χ3v) is 6.43. The summed E-state index contributed by atoms with van der Waals surface area (Å²) >= 11 is 1.52. The number of rotatable bonds is 6. The summed E-state index contributed by atoms with van der Waals surface area (Å²) in [6, 6.07) is 7.40. The SMILES string of the molecule is Cc1csc(-c2cccc(S(=O)(=O)NCC[C@H]3CCCN3)c2)n1. The summed E-state index contributed by atoms with van der Waals surface area (Å²) in [6.07, 6.45) is 3.12. The third kappa shape index (κ3) is 4.17. The van der Waals surface area contributed by atoms with Crippen LogP contribution in [-0.2, 0) is 10.0 Å². The summed E-state index contributed by atoms with van der Waals surface area (Å²) in [4.78, 5) is 4.71. The molecule has 0 spiro atoms. The van der Waals surface area contributed by atoms with Crippen molar-refractivity contribution in [1.29, 1.82) is 0 Å².